The standard InChI is InChI=1S/C2H2F2O4S2/c1-2(9(3,5)6)10(4,7)8/h1H2. The molecule has 0 radical (unpaired) electrons. The third-order valence-electron chi connectivity index (χ3n) is 0.544. The third kappa shape index (κ3) is 2.40. The molecule has 0 spiro atoms. The molecular weight excluding hydrogens is 190 g/mol. The molecule has 0 N–H and O–H groups in total. The van der Waals surface area contributed by atoms with Gasteiger partial charge >= 0.3 is 20.4 Å². The fourth-order valence-electron chi connectivity index (χ4n) is 0.119. The minimum Gasteiger partial charge on any atom is -0.188 e. The molecule has 0 saturated heterocycles. The molecule has 0 fully saturated rings. The molecule has 0 aromatic heterocycles. The molecular formula is C2H2F2O4S2. The zero-order chi connectivity index (χ0) is 8.58. The maximum Gasteiger partial charge on any atom is 0.345 e. The molecule has 0 saturated carbocycles. The summed E-state index contributed by atoms with van der Waals surface area (Å²) in [4.78, 5) is 0. The number of halogens is 2. The van der Waals surface area contributed by atoms with Crippen LogP contribution in [0.2, 0.25) is 0 Å². The highest BCUT2D eigenvalue weighted by Crippen LogP contribution is 2.14. The molecule has 0 rings (SSSR count). The van der Waals surface area contributed by atoms with E-state index >= 15 is 0 Å². The topological polar surface area (TPSA) is 68.3 Å². The summed E-state index contributed by atoms with van der Waals surface area (Å²) < 4.78 is 59.4. The van der Waals surface area contributed by atoms with Crippen LogP contribution in [0.15, 0.2) is 10.8 Å². The normalized spacial score (nSPS) is 13.0. The van der Waals surface area contributed by atoms with Crippen LogP contribution in [-0.4, -0.2) is 16.8 Å². The second kappa shape index (κ2) is 2.27. The molecule has 0 atom stereocenters. The van der Waals surface area contributed by atoms with Crippen molar-refractivity contribution in [2.45, 2.75) is 0 Å². The predicted molar refractivity (Wildman–Crippen MR) is 29.2 cm³/mol. The minimum atomic E-state index is -5.52. The Kier molecular flexibility index (Phi) is 2.16. The Hall–Kier alpha value is -0.500. The van der Waals surface area contributed by atoms with E-state index in [2.05, 4.69) is 6.58 Å². The lowest BCUT2D eigenvalue weighted by Gasteiger charge is -1.89. The van der Waals surface area contributed by atoms with Crippen LogP contribution in [0.5, 0.6) is 0 Å². The van der Waals surface area contributed by atoms with Crippen LogP contribution < -0.4 is 0 Å². The van der Waals surface area contributed by atoms with Crippen molar-refractivity contribution in [1.29, 1.82) is 0 Å². The second-order valence-corrected chi connectivity index (χ2v) is 4.24. The number of hydrogen-bond donors (Lipinski definition) is 0. The van der Waals surface area contributed by atoms with Gasteiger partial charge in [0.1, 0.15) is 0 Å². The van der Waals surface area contributed by atoms with Crippen LogP contribution in [0.1, 0.15) is 0 Å². The smallest absolute Gasteiger partial charge is 0.188 e. The maximum atomic E-state index is 11.5. The maximum absolute atomic E-state index is 11.5. The minimum absolute atomic E-state index is 2.07. The van der Waals surface area contributed by atoms with Gasteiger partial charge in [-0.25, -0.2) is 0 Å². The van der Waals surface area contributed by atoms with Gasteiger partial charge in [-0.2, -0.15) is 16.8 Å². The van der Waals surface area contributed by atoms with Gasteiger partial charge in [0.2, 0.25) is 4.24 Å². The van der Waals surface area contributed by atoms with E-state index in [0.717, 1.165) is 0 Å². The van der Waals surface area contributed by atoms with E-state index < -0.39 is 24.7 Å². The summed E-state index contributed by atoms with van der Waals surface area (Å²) in [5.74, 6) is 0. The molecule has 0 aromatic rings. The van der Waals surface area contributed by atoms with Crippen molar-refractivity contribution in [1.82, 2.24) is 0 Å². The molecule has 0 heterocycles. The highest BCUT2D eigenvalue weighted by Gasteiger charge is 2.27. The SMILES string of the molecule is C=C(S(=O)(=O)F)S(=O)(=O)F. The molecule has 60 valence electrons. The summed E-state index contributed by atoms with van der Waals surface area (Å²) in [6.07, 6.45) is 0. The van der Waals surface area contributed by atoms with Crippen molar-refractivity contribution in [2.75, 3.05) is 0 Å². The number of hydrogen-bond acceptors (Lipinski definition) is 4. The Morgan fingerprint density at radius 1 is 1.00 bits per heavy atom. The highest BCUT2D eigenvalue weighted by atomic mass is 32.3. The summed E-state index contributed by atoms with van der Waals surface area (Å²) in [6.45, 7) is 2.17. The zero-order valence-corrected chi connectivity index (χ0v) is 6.05. The zero-order valence-electron chi connectivity index (χ0n) is 4.41. The molecule has 0 aliphatic carbocycles. The van der Waals surface area contributed by atoms with Gasteiger partial charge in [0.25, 0.3) is 0 Å². The second-order valence-electron chi connectivity index (χ2n) is 1.25. The van der Waals surface area contributed by atoms with E-state index in [-0.39, 0.29) is 0 Å². The lowest BCUT2D eigenvalue weighted by Crippen LogP contribution is -2.02. The van der Waals surface area contributed by atoms with Crippen LogP contribution in [0.3, 0.4) is 0 Å². The van der Waals surface area contributed by atoms with Crippen molar-refractivity contribution in [3.8, 4) is 0 Å². The monoisotopic (exact) mass is 192 g/mol. The van der Waals surface area contributed by atoms with Crippen molar-refractivity contribution >= 4 is 20.4 Å². The first-order chi connectivity index (χ1) is 4.15. The van der Waals surface area contributed by atoms with E-state index in [1.165, 1.54) is 0 Å². The Balaban J connectivity index is 5.16. The molecule has 0 amide bonds. The molecule has 0 aromatic carbocycles. The first-order valence-electron chi connectivity index (χ1n) is 1.74. The van der Waals surface area contributed by atoms with Gasteiger partial charge in [0.15, 0.2) is 0 Å². The fourth-order valence-corrected chi connectivity index (χ4v) is 1.07. The summed E-state index contributed by atoms with van der Waals surface area (Å²) in [5.41, 5.74) is 0. The predicted octanol–water partition coefficient (Wildman–Crippen LogP) is 0.0562. The van der Waals surface area contributed by atoms with Crippen molar-refractivity contribution in [2.24, 2.45) is 0 Å². The van der Waals surface area contributed by atoms with Crippen LogP contribution in [0.4, 0.5) is 7.77 Å². The molecule has 0 unspecified atom stereocenters. The van der Waals surface area contributed by atoms with Crippen molar-refractivity contribution in [3.05, 3.63) is 10.8 Å². The largest absolute Gasteiger partial charge is 0.345 e. The van der Waals surface area contributed by atoms with E-state index in [1.54, 1.807) is 0 Å². The first-order valence-corrected chi connectivity index (χ1v) is 4.50. The Morgan fingerprint density at radius 2 is 1.20 bits per heavy atom. The van der Waals surface area contributed by atoms with Gasteiger partial charge in [-0.3, -0.25) is 0 Å². The van der Waals surface area contributed by atoms with Gasteiger partial charge in [-0.05, 0) is 0 Å². The molecule has 0 aliphatic rings. The van der Waals surface area contributed by atoms with Crippen LogP contribution in [0, 0.1) is 0 Å². The van der Waals surface area contributed by atoms with Gasteiger partial charge in [-0.1, -0.05) is 14.4 Å². The summed E-state index contributed by atoms with van der Waals surface area (Å²) in [7, 11) is -11.0. The first kappa shape index (κ1) is 9.50. The average Bonchev–Trinajstić information content (AvgIpc) is 1.59. The molecule has 10 heavy (non-hydrogen) atoms. The third-order valence-corrected chi connectivity index (χ3v) is 2.83. The van der Waals surface area contributed by atoms with Crippen molar-refractivity contribution in [3.63, 3.8) is 0 Å². The summed E-state index contributed by atoms with van der Waals surface area (Å²) in [6, 6.07) is 0. The van der Waals surface area contributed by atoms with Gasteiger partial charge in [-0.15, -0.1) is 0 Å². The Morgan fingerprint density at radius 3 is 1.20 bits per heavy atom. The highest BCUT2D eigenvalue weighted by molar-refractivity contribution is 8.09. The van der Waals surface area contributed by atoms with Crippen LogP contribution >= 0.6 is 0 Å². The van der Waals surface area contributed by atoms with E-state index in [9.17, 15) is 24.6 Å². The Labute approximate surface area is 56.6 Å². The fraction of sp³-hybridized carbons (Fsp3) is 0. The van der Waals surface area contributed by atoms with Crippen molar-refractivity contribution < 1.29 is 24.6 Å². The molecule has 0 aliphatic heterocycles. The molecule has 4 nitrogen and oxygen atoms in total. The van der Waals surface area contributed by atoms with E-state index in [0.29, 0.717) is 0 Å². The molecule has 0 bridgehead atoms. The lowest BCUT2D eigenvalue weighted by atomic mass is 11.3. The van der Waals surface area contributed by atoms with E-state index in [1.807, 2.05) is 0 Å². The Bertz CT molecular complexity index is 301. The summed E-state index contributed by atoms with van der Waals surface area (Å²) in [5, 5.41) is 0. The lowest BCUT2D eigenvalue weighted by molar-refractivity contribution is 0.550. The quantitative estimate of drug-likeness (QED) is 0.580. The van der Waals surface area contributed by atoms with Crippen LogP contribution in [-0.2, 0) is 20.4 Å². The van der Waals surface area contributed by atoms with Crippen LogP contribution in [0.25, 0.3) is 0 Å². The van der Waals surface area contributed by atoms with E-state index in [4.69, 9.17) is 0 Å². The van der Waals surface area contributed by atoms with Gasteiger partial charge in [0, 0.05) is 0 Å². The van der Waals surface area contributed by atoms with Gasteiger partial charge < -0.3 is 0 Å². The average molecular weight is 192 g/mol. The molecule has 8 heteroatoms. The van der Waals surface area contributed by atoms with Gasteiger partial charge in [0.05, 0.1) is 0 Å². The summed E-state index contributed by atoms with van der Waals surface area (Å²) >= 11 is 0. The number of rotatable bonds is 2.